The number of hydrogen-bond donors (Lipinski definition) is 1. The topological polar surface area (TPSA) is 55.4 Å². The van der Waals surface area contributed by atoms with Crippen molar-refractivity contribution in [2.45, 2.75) is 40.7 Å². The van der Waals surface area contributed by atoms with Gasteiger partial charge in [0.05, 0.1) is 7.11 Å². The molecular weight excluding hydrogens is 194 g/mol. The van der Waals surface area contributed by atoms with Crippen LogP contribution < -0.4 is 5.32 Å². The van der Waals surface area contributed by atoms with Crippen molar-refractivity contribution in [3.63, 3.8) is 0 Å². The fourth-order valence-electron chi connectivity index (χ4n) is 0.982. The van der Waals surface area contributed by atoms with Crippen LogP contribution in [-0.2, 0) is 14.3 Å². The van der Waals surface area contributed by atoms with Crippen molar-refractivity contribution in [2.24, 2.45) is 11.3 Å². The quantitative estimate of drug-likeness (QED) is 0.723. The molecule has 1 amide bonds. The van der Waals surface area contributed by atoms with E-state index in [1.54, 1.807) is 20.8 Å². The van der Waals surface area contributed by atoms with Gasteiger partial charge >= 0.3 is 5.97 Å². The van der Waals surface area contributed by atoms with Crippen molar-refractivity contribution in [3.8, 4) is 0 Å². The van der Waals surface area contributed by atoms with Crippen molar-refractivity contribution in [3.05, 3.63) is 0 Å². The molecular formula is C11H21NO3. The molecule has 0 spiro atoms. The second-order valence-corrected chi connectivity index (χ2v) is 4.97. The van der Waals surface area contributed by atoms with E-state index in [1.165, 1.54) is 7.11 Å². The van der Waals surface area contributed by atoms with Crippen LogP contribution in [0.15, 0.2) is 0 Å². The van der Waals surface area contributed by atoms with Gasteiger partial charge in [0, 0.05) is 5.41 Å². The van der Waals surface area contributed by atoms with Gasteiger partial charge in [0.25, 0.3) is 0 Å². The van der Waals surface area contributed by atoms with Crippen molar-refractivity contribution >= 4 is 11.9 Å². The third-order valence-electron chi connectivity index (χ3n) is 2.09. The number of carbonyl (C=O) groups excluding carboxylic acids is 2. The summed E-state index contributed by atoms with van der Waals surface area (Å²) in [5, 5.41) is 2.69. The minimum atomic E-state index is -0.568. The molecule has 0 rings (SSSR count). The average molecular weight is 215 g/mol. The first-order valence-electron chi connectivity index (χ1n) is 5.09. The van der Waals surface area contributed by atoms with Gasteiger partial charge in [-0.1, -0.05) is 34.6 Å². The number of amides is 1. The van der Waals surface area contributed by atoms with E-state index in [0.29, 0.717) is 0 Å². The Morgan fingerprint density at radius 2 is 1.67 bits per heavy atom. The van der Waals surface area contributed by atoms with Gasteiger partial charge in [-0.05, 0) is 5.92 Å². The predicted octanol–water partition coefficient (Wildman–Crippen LogP) is 1.35. The van der Waals surface area contributed by atoms with Gasteiger partial charge in [-0.3, -0.25) is 4.79 Å². The van der Waals surface area contributed by atoms with Gasteiger partial charge < -0.3 is 10.1 Å². The molecule has 4 nitrogen and oxygen atoms in total. The maximum atomic E-state index is 11.7. The standard InChI is InChI=1S/C11H21NO3/c1-7(2)8(9(13)15-6)12-10(14)11(3,4)5/h7-8H,1-6H3,(H,12,14)/t8-/m1/s1. The molecule has 0 aliphatic carbocycles. The fraction of sp³-hybridized carbons (Fsp3) is 0.818. The van der Waals surface area contributed by atoms with E-state index in [4.69, 9.17) is 0 Å². The van der Waals surface area contributed by atoms with E-state index < -0.39 is 17.4 Å². The van der Waals surface area contributed by atoms with E-state index >= 15 is 0 Å². The molecule has 0 radical (unpaired) electrons. The first-order chi connectivity index (χ1) is 6.70. The number of carbonyl (C=O) groups is 2. The number of ether oxygens (including phenoxy) is 1. The van der Waals surface area contributed by atoms with Crippen molar-refractivity contribution in [2.75, 3.05) is 7.11 Å². The van der Waals surface area contributed by atoms with Crippen LogP contribution in [0.1, 0.15) is 34.6 Å². The highest BCUT2D eigenvalue weighted by Gasteiger charge is 2.29. The van der Waals surface area contributed by atoms with E-state index in [-0.39, 0.29) is 11.8 Å². The van der Waals surface area contributed by atoms with Crippen molar-refractivity contribution < 1.29 is 14.3 Å². The highest BCUT2D eigenvalue weighted by molar-refractivity contribution is 5.87. The normalized spacial score (nSPS) is 13.5. The van der Waals surface area contributed by atoms with Crippen LogP contribution in [0.4, 0.5) is 0 Å². The second-order valence-electron chi connectivity index (χ2n) is 4.97. The second kappa shape index (κ2) is 5.14. The SMILES string of the molecule is COC(=O)[C@H](NC(=O)C(C)(C)C)C(C)C. The van der Waals surface area contributed by atoms with Crippen LogP contribution in [0.25, 0.3) is 0 Å². The van der Waals surface area contributed by atoms with Crippen LogP contribution >= 0.6 is 0 Å². The van der Waals surface area contributed by atoms with Gasteiger partial charge in [0.2, 0.25) is 5.91 Å². The molecule has 0 bridgehead atoms. The third kappa shape index (κ3) is 4.32. The highest BCUT2D eigenvalue weighted by Crippen LogP contribution is 2.14. The van der Waals surface area contributed by atoms with Crippen LogP contribution in [0.5, 0.6) is 0 Å². The van der Waals surface area contributed by atoms with Crippen molar-refractivity contribution in [1.82, 2.24) is 5.32 Å². The van der Waals surface area contributed by atoms with Crippen LogP contribution in [0.2, 0.25) is 0 Å². The summed E-state index contributed by atoms with van der Waals surface area (Å²) in [6, 6.07) is -0.568. The molecule has 0 unspecified atom stereocenters. The number of nitrogens with one attached hydrogen (secondary N) is 1. The first-order valence-corrected chi connectivity index (χ1v) is 5.09. The fourth-order valence-corrected chi connectivity index (χ4v) is 0.982. The average Bonchev–Trinajstić information content (AvgIpc) is 2.10. The summed E-state index contributed by atoms with van der Waals surface area (Å²) in [7, 11) is 1.32. The molecule has 0 saturated carbocycles. The maximum absolute atomic E-state index is 11.7. The Balaban J connectivity index is 4.57. The van der Waals surface area contributed by atoms with E-state index in [9.17, 15) is 9.59 Å². The number of hydrogen-bond acceptors (Lipinski definition) is 3. The lowest BCUT2D eigenvalue weighted by atomic mass is 9.94. The van der Waals surface area contributed by atoms with Crippen LogP contribution in [-0.4, -0.2) is 25.0 Å². The lowest BCUT2D eigenvalue weighted by molar-refractivity contribution is -0.147. The molecule has 0 saturated heterocycles. The summed E-state index contributed by atoms with van der Waals surface area (Å²) in [4.78, 5) is 23.1. The Morgan fingerprint density at radius 1 is 1.20 bits per heavy atom. The number of rotatable bonds is 3. The zero-order chi connectivity index (χ0) is 12.2. The maximum Gasteiger partial charge on any atom is 0.328 e. The molecule has 88 valence electrons. The van der Waals surface area contributed by atoms with E-state index in [0.717, 1.165) is 0 Å². The molecule has 1 atom stereocenters. The highest BCUT2D eigenvalue weighted by atomic mass is 16.5. The zero-order valence-corrected chi connectivity index (χ0v) is 10.4. The van der Waals surface area contributed by atoms with E-state index in [2.05, 4.69) is 10.1 Å². The molecule has 0 aromatic heterocycles. The summed E-state index contributed by atoms with van der Waals surface area (Å²) in [6.07, 6.45) is 0. The van der Waals surface area contributed by atoms with Crippen LogP contribution in [0.3, 0.4) is 0 Å². The summed E-state index contributed by atoms with van der Waals surface area (Å²) in [5.74, 6) is -0.530. The van der Waals surface area contributed by atoms with Crippen LogP contribution in [0, 0.1) is 11.3 Å². The number of methoxy groups -OCH3 is 1. The Bertz CT molecular complexity index is 241. The van der Waals surface area contributed by atoms with Gasteiger partial charge in [-0.2, -0.15) is 0 Å². The van der Waals surface area contributed by atoms with Gasteiger partial charge in [0.15, 0.2) is 0 Å². The van der Waals surface area contributed by atoms with Gasteiger partial charge in [0.1, 0.15) is 6.04 Å². The molecule has 0 fully saturated rings. The van der Waals surface area contributed by atoms with Gasteiger partial charge in [-0.25, -0.2) is 4.79 Å². The largest absolute Gasteiger partial charge is 0.467 e. The molecule has 0 aromatic carbocycles. The lowest BCUT2D eigenvalue weighted by Gasteiger charge is -2.24. The Labute approximate surface area is 91.4 Å². The third-order valence-corrected chi connectivity index (χ3v) is 2.09. The predicted molar refractivity (Wildman–Crippen MR) is 58.2 cm³/mol. The Morgan fingerprint density at radius 3 is 1.93 bits per heavy atom. The van der Waals surface area contributed by atoms with Crippen molar-refractivity contribution in [1.29, 1.82) is 0 Å². The Hall–Kier alpha value is -1.06. The molecule has 0 aliphatic rings. The summed E-state index contributed by atoms with van der Waals surface area (Å²) in [5.41, 5.74) is -0.499. The zero-order valence-electron chi connectivity index (χ0n) is 10.4. The molecule has 0 aliphatic heterocycles. The summed E-state index contributed by atoms with van der Waals surface area (Å²) in [6.45, 7) is 9.14. The molecule has 4 heteroatoms. The minimum Gasteiger partial charge on any atom is -0.467 e. The van der Waals surface area contributed by atoms with E-state index in [1.807, 2.05) is 13.8 Å². The molecule has 1 N–H and O–H groups in total. The first kappa shape index (κ1) is 13.9. The molecule has 0 aromatic rings. The lowest BCUT2D eigenvalue weighted by Crippen LogP contribution is -2.48. The minimum absolute atomic E-state index is 0.0174. The molecule has 15 heavy (non-hydrogen) atoms. The van der Waals surface area contributed by atoms with Gasteiger partial charge in [-0.15, -0.1) is 0 Å². The Kier molecular flexibility index (Phi) is 4.78. The smallest absolute Gasteiger partial charge is 0.328 e. The monoisotopic (exact) mass is 215 g/mol. The summed E-state index contributed by atoms with van der Waals surface area (Å²) < 4.78 is 4.63. The summed E-state index contributed by atoms with van der Waals surface area (Å²) >= 11 is 0. The molecule has 0 heterocycles. The number of esters is 1.